The van der Waals surface area contributed by atoms with Gasteiger partial charge in [0.2, 0.25) is 0 Å². The minimum atomic E-state index is -0.461. The van der Waals surface area contributed by atoms with E-state index in [1.165, 1.54) is 0 Å². The number of ether oxygens (including phenoxy) is 1. The van der Waals surface area contributed by atoms with Crippen molar-refractivity contribution in [2.75, 3.05) is 13.1 Å². The standard InChI is InChI=1S/C18H30BN3O4/c1-13-18(5,6)26-19(25-13)14-11-20-22(12-14)15-7-9-21(10-8-15)16(23)24-17(2,3)4/h11-13,15H,7-10H2,1-6H3. The van der Waals surface area contributed by atoms with Gasteiger partial charge in [-0.25, -0.2) is 4.79 Å². The van der Waals surface area contributed by atoms with Gasteiger partial charge in [0.25, 0.3) is 0 Å². The number of rotatable bonds is 2. The van der Waals surface area contributed by atoms with Crippen molar-refractivity contribution in [3.63, 3.8) is 0 Å². The number of amides is 1. The first-order valence-corrected chi connectivity index (χ1v) is 9.40. The molecule has 3 heterocycles. The van der Waals surface area contributed by atoms with Gasteiger partial charge in [0.1, 0.15) is 5.60 Å². The van der Waals surface area contributed by atoms with Crippen molar-refractivity contribution in [2.24, 2.45) is 0 Å². The molecule has 2 aliphatic rings. The Kier molecular flexibility index (Phi) is 5.09. The van der Waals surface area contributed by atoms with Gasteiger partial charge in [-0.3, -0.25) is 4.68 Å². The molecular formula is C18H30BN3O4. The quantitative estimate of drug-likeness (QED) is 0.755. The van der Waals surface area contributed by atoms with Crippen molar-refractivity contribution >= 4 is 18.7 Å². The van der Waals surface area contributed by atoms with Crippen LogP contribution >= 0.6 is 0 Å². The summed E-state index contributed by atoms with van der Waals surface area (Å²) in [6.07, 6.45) is 5.34. The van der Waals surface area contributed by atoms with Gasteiger partial charge in [0.05, 0.1) is 17.7 Å². The first kappa shape index (κ1) is 19.2. The summed E-state index contributed by atoms with van der Waals surface area (Å²) >= 11 is 0. The maximum atomic E-state index is 12.2. The number of carbonyl (C=O) groups excluding carboxylic acids is 1. The van der Waals surface area contributed by atoms with Crippen LogP contribution in [-0.2, 0) is 14.0 Å². The molecule has 0 bridgehead atoms. The molecule has 1 amide bonds. The van der Waals surface area contributed by atoms with E-state index in [9.17, 15) is 4.79 Å². The topological polar surface area (TPSA) is 65.8 Å². The van der Waals surface area contributed by atoms with Crippen LogP contribution in [0.2, 0.25) is 0 Å². The van der Waals surface area contributed by atoms with Crippen LogP contribution < -0.4 is 5.46 Å². The van der Waals surface area contributed by atoms with Gasteiger partial charge in [0.15, 0.2) is 0 Å². The summed E-state index contributed by atoms with van der Waals surface area (Å²) in [5.41, 5.74) is 0.180. The van der Waals surface area contributed by atoms with Crippen LogP contribution in [0.1, 0.15) is 60.4 Å². The lowest BCUT2D eigenvalue weighted by molar-refractivity contribution is 0.0185. The second kappa shape index (κ2) is 6.89. The molecule has 2 aliphatic heterocycles. The lowest BCUT2D eigenvalue weighted by Gasteiger charge is -2.33. The Morgan fingerprint density at radius 2 is 2.00 bits per heavy atom. The molecule has 0 N–H and O–H groups in total. The molecule has 7 nitrogen and oxygen atoms in total. The zero-order chi connectivity index (χ0) is 19.1. The third-order valence-electron chi connectivity index (χ3n) is 5.10. The fourth-order valence-electron chi connectivity index (χ4n) is 3.21. The van der Waals surface area contributed by atoms with E-state index in [-0.39, 0.29) is 31.0 Å². The van der Waals surface area contributed by atoms with E-state index in [0.29, 0.717) is 13.1 Å². The molecular weight excluding hydrogens is 333 g/mol. The summed E-state index contributed by atoms with van der Waals surface area (Å²) in [5.74, 6) is 0. The van der Waals surface area contributed by atoms with E-state index in [0.717, 1.165) is 18.3 Å². The lowest BCUT2D eigenvalue weighted by Crippen LogP contribution is -2.42. The second-order valence-corrected chi connectivity index (χ2v) is 8.78. The fourth-order valence-corrected chi connectivity index (χ4v) is 3.21. The summed E-state index contributed by atoms with van der Waals surface area (Å²) in [6, 6.07) is 0.272. The van der Waals surface area contributed by atoms with Crippen LogP contribution in [0.3, 0.4) is 0 Å². The first-order chi connectivity index (χ1) is 12.0. The predicted octanol–water partition coefficient (Wildman–Crippen LogP) is 2.36. The highest BCUT2D eigenvalue weighted by molar-refractivity contribution is 6.61. The number of hydrogen-bond acceptors (Lipinski definition) is 5. The summed E-state index contributed by atoms with van der Waals surface area (Å²) < 4.78 is 19.3. The van der Waals surface area contributed by atoms with Gasteiger partial charge in [0, 0.05) is 30.9 Å². The zero-order valence-electron chi connectivity index (χ0n) is 16.7. The van der Waals surface area contributed by atoms with E-state index in [2.05, 4.69) is 5.10 Å². The van der Waals surface area contributed by atoms with Crippen molar-refractivity contribution in [1.29, 1.82) is 0 Å². The van der Waals surface area contributed by atoms with Gasteiger partial charge >= 0.3 is 13.2 Å². The molecule has 1 unspecified atom stereocenters. The molecule has 144 valence electrons. The van der Waals surface area contributed by atoms with E-state index in [1.54, 1.807) is 4.90 Å². The Balaban J connectivity index is 1.56. The number of hydrogen-bond donors (Lipinski definition) is 0. The normalized spacial score (nSPS) is 24.2. The third kappa shape index (κ3) is 4.23. The third-order valence-corrected chi connectivity index (χ3v) is 5.10. The molecule has 0 spiro atoms. The second-order valence-electron chi connectivity index (χ2n) is 8.78. The minimum absolute atomic E-state index is 0.0351. The van der Waals surface area contributed by atoms with Crippen molar-refractivity contribution in [2.45, 2.75) is 77.7 Å². The van der Waals surface area contributed by atoms with Gasteiger partial charge < -0.3 is 18.9 Å². The van der Waals surface area contributed by atoms with E-state index in [4.69, 9.17) is 14.0 Å². The molecule has 0 saturated carbocycles. The van der Waals surface area contributed by atoms with E-state index in [1.807, 2.05) is 58.6 Å². The average Bonchev–Trinajstić information content (AvgIpc) is 3.11. The number of piperidine rings is 1. The van der Waals surface area contributed by atoms with Gasteiger partial charge in [-0.05, 0) is 54.4 Å². The van der Waals surface area contributed by atoms with Gasteiger partial charge in [-0.15, -0.1) is 0 Å². The molecule has 0 radical (unpaired) electrons. The molecule has 8 heteroatoms. The van der Waals surface area contributed by atoms with Gasteiger partial charge in [-0.1, -0.05) is 0 Å². The largest absolute Gasteiger partial charge is 0.497 e. The highest BCUT2D eigenvalue weighted by Gasteiger charge is 2.44. The minimum Gasteiger partial charge on any atom is -0.444 e. The van der Waals surface area contributed by atoms with Crippen molar-refractivity contribution in [3.8, 4) is 0 Å². The Bertz CT molecular complexity index is 647. The van der Waals surface area contributed by atoms with Gasteiger partial charge in [-0.2, -0.15) is 5.10 Å². The molecule has 26 heavy (non-hydrogen) atoms. The predicted molar refractivity (Wildman–Crippen MR) is 99.4 cm³/mol. The molecule has 3 rings (SSSR count). The van der Waals surface area contributed by atoms with Crippen molar-refractivity contribution < 1.29 is 18.8 Å². The molecule has 0 aromatic carbocycles. The molecule has 2 saturated heterocycles. The van der Waals surface area contributed by atoms with Crippen LogP contribution in [0, 0.1) is 0 Å². The number of nitrogens with zero attached hydrogens (tertiary/aromatic N) is 3. The number of carbonyl (C=O) groups is 1. The monoisotopic (exact) mass is 363 g/mol. The summed E-state index contributed by atoms with van der Waals surface area (Å²) in [4.78, 5) is 14.0. The maximum Gasteiger partial charge on any atom is 0.497 e. The summed E-state index contributed by atoms with van der Waals surface area (Å²) in [5, 5.41) is 4.51. The van der Waals surface area contributed by atoms with E-state index >= 15 is 0 Å². The number of likely N-dealkylation sites (tertiary alicyclic amines) is 1. The average molecular weight is 363 g/mol. The van der Waals surface area contributed by atoms with Crippen LogP contribution in [-0.4, -0.2) is 58.3 Å². The highest BCUT2D eigenvalue weighted by Crippen LogP contribution is 2.27. The lowest BCUT2D eigenvalue weighted by atomic mass is 9.82. The Hall–Kier alpha value is -1.54. The van der Waals surface area contributed by atoms with Crippen molar-refractivity contribution in [3.05, 3.63) is 12.4 Å². The van der Waals surface area contributed by atoms with Crippen LogP contribution in [0.15, 0.2) is 12.4 Å². The maximum absolute atomic E-state index is 12.2. The Morgan fingerprint density at radius 3 is 2.54 bits per heavy atom. The first-order valence-electron chi connectivity index (χ1n) is 9.40. The molecule has 1 atom stereocenters. The summed E-state index contributed by atoms with van der Waals surface area (Å²) in [6.45, 7) is 13.1. The Morgan fingerprint density at radius 1 is 1.35 bits per heavy atom. The smallest absolute Gasteiger partial charge is 0.444 e. The van der Waals surface area contributed by atoms with E-state index < -0.39 is 5.60 Å². The number of aromatic nitrogens is 2. The molecule has 2 fully saturated rings. The molecule has 0 aliphatic carbocycles. The fraction of sp³-hybridized carbons (Fsp3) is 0.778. The van der Waals surface area contributed by atoms with Crippen molar-refractivity contribution in [1.82, 2.24) is 14.7 Å². The van der Waals surface area contributed by atoms with Crippen LogP contribution in [0.4, 0.5) is 4.79 Å². The Labute approximate surface area is 156 Å². The SMILES string of the molecule is CC1OB(c2cnn(C3CCN(C(=O)OC(C)(C)C)CC3)c2)OC1(C)C. The van der Waals surface area contributed by atoms with Crippen LogP contribution in [0.5, 0.6) is 0 Å². The highest BCUT2D eigenvalue weighted by atomic mass is 16.7. The molecule has 1 aromatic heterocycles. The zero-order valence-corrected chi connectivity index (χ0v) is 16.7. The summed E-state index contributed by atoms with van der Waals surface area (Å²) in [7, 11) is -0.365. The molecule has 1 aromatic rings. The van der Waals surface area contributed by atoms with Crippen LogP contribution in [0.25, 0.3) is 0 Å².